The van der Waals surface area contributed by atoms with Gasteiger partial charge in [-0.25, -0.2) is 9.50 Å². The minimum Gasteiger partial charge on any atom is -0.493 e. The lowest BCUT2D eigenvalue weighted by molar-refractivity contribution is -0.140. The number of rotatable bonds is 4. The van der Waals surface area contributed by atoms with E-state index >= 15 is 0 Å². The molecule has 1 atom stereocenters. The van der Waals surface area contributed by atoms with Gasteiger partial charge in [0.2, 0.25) is 0 Å². The van der Waals surface area contributed by atoms with Crippen molar-refractivity contribution < 1.29 is 27.4 Å². The standard InChI is InChI=1S/C27H22Cl2F3N5O3/c28-16-11-15(12-17(29)13-16)22-24(27(30,31)32)35-25-23(36-6-9-39-10-7-36)19(14-33-37(22)25)26(38)34-20-5-8-40-21-4-2-1-3-18(20)21/h1-4,11-14,20H,5-10H2,(H,34,38). The van der Waals surface area contributed by atoms with Gasteiger partial charge < -0.3 is 19.7 Å². The Morgan fingerprint density at radius 2 is 1.77 bits per heavy atom. The summed E-state index contributed by atoms with van der Waals surface area (Å²) in [6.45, 7) is 1.80. The number of para-hydroxylation sites is 1. The second-order valence-electron chi connectivity index (χ2n) is 9.41. The third kappa shape index (κ3) is 4.93. The van der Waals surface area contributed by atoms with Crippen LogP contribution in [0, 0.1) is 0 Å². The number of halogens is 5. The van der Waals surface area contributed by atoms with Gasteiger partial charge in [0.05, 0.1) is 43.3 Å². The van der Waals surface area contributed by atoms with Crippen molar-refractivity contribution in [2.75, 3.05) is 37.8 Å². The number of amides is 1. The Balaban J connectivity index is 1.52. The fraction of sp³-hybridized carbons (Fsp3) is 0.296. The summed E-state index contributed by atoms with van der Waals surface area (Å²) in [7, 11) is 0. The largest absolute Gasteiger partial charge is 0.493 e. The van der Waals surface area contributed by atoms with Crippen LogP contribution in [0.2, 0.25) is 10.0 Å². The molecule has 1 unspecified atom stereocenters. The van der Waals surface area contributed by atoms with Crippen LogP contribution in [0.3, 0.4) is 0 Å². The van der Waals surface area contributed by atoms with Gasteiger partial charge in [0.15, 0.2) is 11.3 Å². The number of nitrogens with zero attached hydrogens (tertiary/aromatic N) is 4. The first-order valence-electron chi connectivity index (χ1n) is 12.5. The van der Waals surface area contributed by atoms with Crippen LogP contribution in [0.1, 0.15) is 34.1 Å². The second-order valence-corrected chi connectivity index (χ2v) is 10.3. The van der Waals surface area contributed by atoms with Crippen LogP contribution in [0.15, 0.2) is 48.7 Å². The summed E-state index contributed by atoms with van der Waals surface area (Å²) in [4.78, 5) is 19.6. The quantitative estimate of drug-likeness (QED) is 0.322. The van der Waals surface area contributed by atoms with Crippen molar-refractivity contribution in [1.29, 1.82) is 0 Å². The number of imidazole rings is 1. The molecule has 1 N–H and O–H groups in total. The highest BCUT2D eigenvalue weighted by atomic mass is 35.5. The molecule has 2 aromatic heterocycles. The van der Waals surface area contributed by atoms with Gasteiger partial charge in [-0.1, -0.05) is 41.4 Å². The molecular formula is C27H22Cl2F3N5O3. The predicted molar refractivity (Wildman–Crippen MR) is 143 cm³/mol. The molecule has 13 heteroatoms. The molecule has 1 amide bonds. The van der Waals surface area contributed by atoms with Gasteiger partial charge in [-0.3, -0.25) is 4.79 Å². The van der Waals surface area contributed by atoms with E-state index in [1.807, 2.05) is 24.3 Å². The van der Waals surface area contributed by atoms with Gasteiger partial charge in [0.25, 0.3) is 5.91 Å². The van der Waals surface area contributed by atoms with Gasteiger partial charge >= 0.3 is 6.18 Å². The van der Waals surface area contributed by atoms with Crippen molar-refractivity contribution >= 4 is 40.4 Å². The van der Waals surface area contributed by atoms with Crippen LogP contribution in [0.5, 0.6) is 5.75 Å². The zero-order chi connectivity index (χ0) is 28.0. The summed E-state index contributed by atoms with van der Waals surface area (Å²) in [6.07, 6.45) is -3.02. The third-order valence-corrected chi connectivity index (χ3v) is 7.30. The van der Waals surface area contributed by atoms with Gasteiger partial charge in [-0.2, -0.15) is 18.3 Å². The molecule has 4 aromatic rings. The summed E-state index contributed by atoms with van der Waals surface area (Å²) < 4.78 is 55.3. The number of carbonyl (C=O) groups is 1. The lowest BCUT2D eigenvalue weighted by Gasteiger charge is -2.31. The maximum absolute atomic E-state index is 14.4. The molecule has 0 bridgehead atoms. The zero-order valence-corrected chi connectivity index (χ0v) is 22.4. The van der Waals surface area contributed by atoms with E-state index in [1.165, 1.54) is 24.4 Å². The van der Waals surface area contributed by atoms with Crippen molar-refractivity contribution in [1.82, 2.24) is 19.9 Å². The topological polar surface area (TPSA) is 81.0 Å². The summed E-state index contributed by atoms with van der Waals surface area (Å²) in [5, 5.41) is 7.63. The average Bonchev–Trinajstić information content (AvgIpc) is 3.33. The summed E-state index contributed by atoms with van der Waals surface area (Å²) in [6, 6.07) is 11.2. The highest BCUT2D eigenvalue weighted by molar-refractivity contribution is 6.35. The number of fused-ring (bicyclic) bond motifs is 2. The maximum atomic E-state index is 14.4. The molecule has 40 heavy (non-hydrogen) atoms. The van der Waals surface area contributed by atoms with Crippen molar-refractivity contribution in [2.24, 2.45) is 0 Å². The number of aromatic nitrogens is 3. The van der Waals surface area contributed by atoms with Gasteiger partial charge in [-0.15, -0.1) is 0 Å². The highest BCUT2D eigenvalue weighted by Crippen LogP contribution is 2.41. The van der Waals surface area contributed by atoms with E-state index in [0.717, 1.165) is 10.1 Å². The normalized spacial score (nSPS) is 17.4. The lowest BCUT2D eigenvalue weighted by Crippen LogP contribution is -2.39. The second kappa shape index (κ2) is 10.5. The van der Waals surface area contributed by atoms with E-state index in [0.29, 0.717) is 45.1 Å². The van der Waals surface area contributed by atoms with Crippen LogP contribution in [-0.4, -0.2) is 53.4 Å². The van der Waals surface area contributed by atoms with Gasteiger partial charge in [0, 0.05) is 40.7 Å². The van der Waals surface area contributed by atoms with Crippen LogP contribution in [0.4, 0.5) is 18.9 Å². The van der Waals surface area contributed by atoms with E-state index in [1.54, 1.807) is 4.90 Å². The zero-order valence-electron chi connectivity index (χ0n) is 20.8. The molecule has 4 heterocycles. The Bertz CT molecular complexity index is 1580. The van der Waals surface area contributed by atoms with E-state index in [2.05, 4.69) is 15.4 Å². The van der Waals surface area contributed by atoms with E-state index in [-0.39, 0.29) is 44.2 Å². The molecule has 0 radical (unpaired) electrons. The molecule has 2 aromatic carbocycles. The van der Waals surface area contributed by atoms with Crippen LogP contribution >= 0.6 is 23.2 Å². The molecule has 2 aliphatic heterocycles. The Morgan fingerprint density at radius 3 is 2.50 bits per heavy atom. The first-order chi connectivity index (χ1) is 19.2. The molecule has 1 saturated heterocycles. The summed E-state index contributed by atoms with van der Waals surface area (Å²) in [5.74, 6) is 0.191. The number of hydrogen-bond acceptors (Lipinski definition) is 6. The van der Waals surface area contributed by atoms with Crippen LogP contribution in [-0.2, 0) is 10.9 Å². The number of carbonyl (C=O) groups excluding carboxylic acids is 1. The molecule has 0 spiro atoms. The van der Waals surface area contributed by atoms with E-state index in [4.69, 9.17) is 32.7 Å². The maximum Gasteiger partial charge on any atom is 0.435 e. The van der Waals surface area contributed by atoms with E-state index in [9.17, 15) is 18.0 Å². The molecule has 0 aliphatic carbocycles. The predicted octanol–water partition coefficient (Wildman–Crippen LogP) is 5.81. The fourth-order valence-corrected chi connectivity index (χ4v) is 5.64. The average molecular weight is 592 g/mol. The Morgan fingerprint density at radius 1 is 1.05 bits per heavy atom. The lowest BCUT2D eigenvalue weighted by atomic mass is 10.00. The molecular weight excluding hydrogens is 570 g/mol. The van der Waals surface area contributed by atoms with Crippen LogP contribution < -0.4 is 15.0 Å². The monoisotopic (exact) mass is 591 g/mol. The SMILES string of the molecule is O=C(NC1CCOc2ccccc21)c1cnn2c(-c3cc(Cl)cc(Cl)c3)c(C(F)(F)F)nc2c1N1CCOCC1. The third-order valence-electron chi connectivity index (χ3n) is 6.86. The van der Waals surface area contributed by atoms with Gasteiger partial charge in [-0.05, 0) is 24.3 Å². The molecule has 6 rings (SSSR count). The molecule has 2 aliphatic rings. The van der Waals surface area contributed by atoms with Gasteiger partial charge in [0.1, 0.15) is 11.4 Å². The van der Waals surface area contributed by atoms with E-state index < -0.39 is 17.8 Å². The number of anilines is 1. The highest BCUT2D eigenvalue weighted by Gasteiger charge is 2.40. The van der Waals surface area contributed by atoms with Crippen LogP contribution in [0.25, 0.3) is 16.9 Å². The van der Waals surface area contributed by atoms with Crippen molar-refractivity contribution in [3.63, 3.8) is 0 Å². The van der Waals surface area contributed by atoms with Crippen molar-refractivity contribution in [3.8, 4) is 17.0 Å². The summed E-state index contributed by atoms with van der Waals surface area (Å²) >= 11 is 12.3. The number of hydrogen-bond donors (Lipinski definition) is 1. The number of morpholine rings is 1. The minimum atomic E-state index is -4.83. The molecule has 1 fully saturated rings. The minimum absolute atomic E-state index is 0.0915. The number of benzene rings is 2. The van der Waals surface area contributed by atoms with Crippen molar-refractivity contribution in [2.45, 2.75) is 18.6 Å². The number of nitrogens with one attached hydrogen (secondary N) is 1. The molecule has 8 nitrogen and oxygen atoms in total. The summed E-state index contributed by atoms with van der Waals surface area (Å²) in [5.41, 5.74) is -0.345. The number of ether oxygens (including phenoxy) is 2. The Labute approximate surface area is 236 Å². The van der Waals surface area contributed by atoms with Crippen molar-refractivity contribution in [3.05, 3.63) is 75.5 Å². The molecule has 0 saturated carbocycles. The first-order valence-corrected chi connectivity index (χ1v) is 13.3. The fourth-order valence-electron chi connectivity index (χ4n) is 5.12. The number of alkyl halides is 3. The Hall–Kier alpha value is -3.54. The first kappa shape index (κ1) is 26.7. The molecule has 208 valence electrons. The Kier molecular flexibility index (Phi) is 6.97. The smallest absolute Gasteiger partial charge is 0.435 e.